The van der Waals surface area contributed by atoms with Gasteiger partial charge in [0, 0.05) is 18.6 Å². The first kappa shape index (κ1) is 14.0. The average Bonchev–Trinajstić information content (AvgIpc) is 2.48. The number of fused-ring (bicyclic) bond motifs is 1. The van der Waals surface area contributed by atoms with Crippen LogP contribution in [0.4, 0.5) is 0 Å². The van der Waals surface area contributed by atoms with Crippen LogP contribution >= 0.6 is 0 Å². The summed E-state index contributed by atoms with van der Waals surface area (Å²) in [5.74, 6) is 0.0965. The third-order valence-electron chi connectivity index (χ3n) is 3.93. The predicted octanol–water partition coefficient (Wildman–Crippen LogP) is 1.68. The molecule has 4 heteroatoms. The van der Waals surface area contributed by atoms with Gasteiger partial charge in [0.15, 0.2) is 5.78 Å². The van der Waals surface area contributed by atoms with E-state index < -0.39 is 7.12 Å². The van der Waals surface area contributed by atoms with Gasteiger partial charge in [0.05, 0.1) is 0 Å². The summed E-state index contributed by atoms with van der Waals surface area (Å²) < 4.78 is 5.24. The van der Waals surface area contributed by atoms with Gasteiger partial charge in [0.1, 0.15) is 0 Å². The second-order valence-electron chi connectivity index (χ2n) is 5.42. The summed E-state index contributed by atoms with van der Waals surface area (Å²) in [7, 11) is -0.873. The maximum absolute atomic E-state index is 12.4. The van der Waals surface area contributed by atoms with Crippen LogP contribution in [0.15, 0.2) is 42.5 Å². The van der Waals surface area contributed by atoms with Crippen LogP contribution in [0.1, 0.15) is 27.0 Å². The molecular weight excluding hydrogens is 263 g/mol. The molecule has 0 unspecified atom stereocenters. The van der Waals surface area contributed by atoms with Crippen molar-refractivity contribution in [1.82, 2.24) is 0 Å². The molecule has 0 aliphatic carbocycles. The van der Waals surface area contributed by atoms with E-state index in [0.717, 1.165) is 34.1 Å². The number of hydrogen-bond acceptors (Lipinski definition) is 3. The second kappa shape index (κ2) is 5.84. The molecular formula is C17H17BO3. The molecule has 3 nitrogen and oxygen atoms in total. The van der Waals surface area contributed by atoms with E-state index in [0.29, 0.717) is 13.0 Å². The molecule has 0 atom stereocenters. The van der Waals surface area contributed by atoms with E-state index in [2.05, 4.69) is 0 Å². The number of ketones is 1. The lowest BCUT2D eigenvalue weighted by molar-refractivity contribution is 0.0992. The Labute approximate surface area is 124 Å². The monoisotopic (exact) mass is 280 g/mol. The molecule has 0 saturated carbocycles. The van der Waals surface area contributed by atoms with E-state index in [1.807, 2.05) is 49.4 Å². The number of carbonyl (C=O) groups excluding carboxylic acids is 1. The van der Waals surface area contributed by atoms with Gasteiger partial charge in [-0.15, -0.1) is 0 Å². The maximum atomic E-state index is 12.4. The Morgan fingerprint density at radius 3 is 2.90 bits per heavy atom. The summed E-state index contributed by atoms with van der Waals surface area (Å²) in [5, 5.41) is 9.87. The van der Waals surface area contributed by atoms with Gasteiger partial charge in [0.25, 0.3) is 0 Å². The van der Waals surface area contributed by atoms with Crippen LogP contribution in [0.25, 0.3) is 0 Å². The molecule has 2 aromatic rings. The van der Waals surface area contributed by atoms with Gasteiger partial charge >= 0.3 is 7.12 Å². The van der Waals surface area contributed by atoms with E-state index in [1.54, 1.807) is 0 Å². The van der Waals surface area contributed by atoms with Crippen LogP contribution < -0.4 is 5.46 Å². The van der Waals surface area contributed by atoms with Gasteiger partial charge in [-0.25, -0.2) is 0 Å². The van der Waals surface area contributed by atoms with Crippen LogP contribution in [0, 0.1) is 6.92 Å². The van der Waals surface area contributed by atoms with Gasteiger partial charge in [0.2, 0.25) is 0 Å². The van der Waals surface area contributed by atoms with Crippen molar-refractivity contribution in [1.29, 1.82) is 0 Å². The predicted molar refractivity (Wildman–Crippen MR) is 82.9 cm³/mol. The molecule has 21 heavy (non-hydrogen) atoms. The topological polar surface area (TPSA) is 46.5 Å². The normalized spacial score (nSPS) is 13.9. The van der Waals surface area contributed by atoms with Gasteiger partial charge in [-0.05, 0) is 35.5 Å². The van der Waals surface area contributed by atoms with E-state index in [9.17, 15) is 9.82 Å². The second-order valence-corrected chi connectivity index (χ2v) is 5.42. The molecule has 0 aromatic heterocycles. The number of hydrogen-bond donors (Lipinski definition) is 1. The van der Waals surface area contributed by atoms with E-state index in [4.69, 9.17) is 4.65 Å². The molecule has 0 spiro atoms. The van der Waals surface area contributed by atoms with Crippen molar-refractivity contribution in [2.24, 2.45) is 0 Å². The number of aryl methyl sites for hydroxylation is 1. The fourth-order valence-electron chi connectivity index (χ4n) is 2.75. The number of Topliss-reactive ketones (excluding diaryl/α,β-unsaturated/α-hetero) is 1. The van der Waals surface area contributed by atoms with Crippen molar-refractivity contribution in [2.75, 3.05) is 6.61 Å². The molecule has 0 amide bonds. The van der Waals surface area contributed by atoms with Gasteiger partial charge in [-0.2, -0.15) is 0 Å². The van der Waals surface area contributed by atoms with Crippen molar-refractivity contribution < 1.29 is 14.5 Å². The highest BCUT2D eigenvalue weighted by Crippen LogP contribution is 2.14. The summed E-state index contributed by atoms with van der Waals surface area (Å²) in [4.78, 5) is 12.4. The van der Waals surface area contributed by atoms with Crippen molar-refractivity contribution in [3.63, 3.8) is 0 Å². The highest BCUT2D eigenvalue weighted by Gasteiger charge is 2.25. The summed E-state index contributed by atoms with van der Waals surface area (Å²) >= 11 is 0. The Bertz CT molecular complexity index is 681. The molecule has 3 rings (SSSR count). The highest BCUT2D eigenvalue weighted by atomic mass is 16.5. The zero-order valence-corrected chi connectivity index (χ0v) is 12.0. The first-order valence-electron chi connectivity index (χ1n) is 7.15. The minimum absolute atomic E-state index is 0.0965. The highest BCUT2D eigenvalue weighted by molar-refractivity contribution is 6.60. The van der Waals surface area contributed by atoms with E-state index in [-0.39, 0.29) is 5.78 Å². The Morgan fingerprint density at radius 2 is 2.10 bits per heavy atom. The van der Waals surface area contributed by atoms with Gasteiger partial charge in [-0.3, -0.25) is 4.79 Å². The molecule has 1 N–H and O–H groups in total. The molecule has 0 radical (unpaired) electrons. The first-order chi connectivity index (χ1) is 10.1. The first-order valence-corrected chi connectivity index (χ1v) is 7.15. The zero-order valence-electron chi connectivity index (χ0n) is 12.0. The fraction of sp³-hybridized carbons (Fsp3) is 0.235. The molecule has 1 aliphatic heterocycles. The van der Waals surface area contributed by atoms with Crippen LogP contribution in [-0.2, 0) is 17.5 Å². The van der Waals surface area contributed by atoms with Crippen molar-refractivity contribution in [3.8, 4) is 0 Å². The SMILES string of the molecule is Cc1ccccc1C(=O)Cc1ccc2c(c1)B(O)OCC2. The Hall–Kier alpha value is -1.91. The van der Waals surface area contributed by atoms with Crippen LogP contribution in [0.3, 0.4) is 0 Å². The smallest absolute Gasteiger partial charge is 0.423 e. The largest absolute Gasteiger partial charge is 0.491 e. The van der Waals surface area contributed by atoms with Crippen LogP contribution in [0.5, 0.6) is 0 Å². The standard InChI is InChI=1S/C17H17BO3/c1-12-4-2-3-5-15(12)17(19)11-13-6-7-14-8-9-21-18(20)16(14)10-13/h2-7,10,20H,8-9,11H2,1H3. The van der Waals surface area contributed by atoms with Crippen molar-refractivity contribution in [2.45, 2.75) is 19.8 Å². The summed E-state index contributed by atoms with van der Waals surface area (Å²) in [5.41, 5.74) is 4.54. The zero-order chi connectivity index (χ0) is 14.8. The molecule has 106 valence electrons. The van der Waals surface area contributed by atoms with E-state index in [1.165, 1.54) is 0 Å². The van der Waals surface area contributed by atoms with E-state index >= 15 is 0 Å². The third kappa shape index (κ3) is 2.92. The molecule has 2 aromatic carbocycles. The Morgan fingerprint density at radius 1 is 1.29 bits per heavy atom. The number of carbonyl (C=O) groups is 1. The lowest BCUT2D eigenvalue weighted by Crippen LogP contribution is -2.41. The molecule has 1 aliphatic rings. The van der Waals surface area contributed by atoms with Crippen molar-refractivity contribution >= 4 is 18.4 Å². The summed E-state index contributed by atoms with van der Waals surface area (Å²) in [6.07, 6.45) is 1.14. The average molecular weight is 280 g/mol. The number of rotatable bonds is 3. The third-order valence-corrected chi connectivity index (χ3v) is 3.93. The summed E-state index contributed by atoms with van der Waals surface area (Å²) in [6, 6.07) is 13.4. The quantitative estimate of drug-likeness (QED) is 0.687. The molecule has 0 bridgehead atoms. The minimum atomic E-state index is -0.873. The fourth-order valence-corrected chi connectivity index (χ4v) is 2.75. The van der Waals surface area contributed by atoms with Crippen LogP contribution in [-0.4, -0.2) is 24.5 Å². The lowest BCUT2D eigenvalue weighted by Gasteiger charge is -2.19. The van der Waals surface area contributed by atoms with Crippen molar-refractivity contribution in [3.05, 3.63) is 64.7 Å². The summed E-state index contributed by atoms with van der Waals surface area (Å²) in [6.45, 7) is 2.48. The Balaban J connectivity index is 1.84. The van der Waals surface area contributed by atoms with Gasteiger partial charge in [-0.1, -0.05) is 42.5 Å². The maximum Gasteiger partial charge on any atom is 0.491 e. The lowest BCUT2D eigenvalue weighted by atomic mass is 9.72. The molecule has 0 fully saturated rings. The number of benzene rings is 2. The minimum Gasteiger partial charge on any atom is -0.423 e. The van der Waals surface area contributed by atoms with Gasteiger partial charge < -0.3 is 9.68 Å². The molecule has 1 heterocycles. The Kier molecular flexibility index (Phi) is 3.91. The van der Waals surface area contributed by atoms with Crippen LogP contribution in [0.2, 0.25) is 0 Å². The molecule has 0 saturated heterocycles.